The Morgan fingerprint density at radius 3 is 2.55 bits per heavy atom. The van der Waals surface area contributed by atoms with Crippen LogP contribution in [0.5, 0.6) is 0 Å². The van der Waals surface area contributed by atoms with Gasteiger partial charge in [0.05, 0.1) is 26.7 Å². The third kappa shape index (κ3) is 2.19. The molecule has 66 valence electrons. The maximum Gasteiger partial charge on any atom is 0.0888 e. The van der Waals surface area contributed by atoms with Gasteiger partial charge in [0.25, 0.3) is 0 Å². The highest BCUT2D eigenvalue weighted by molar-refractivity contribution is 4.65. The lowest BCUT2D eigenvalue weighted by Crippen LogP contribution is -2.43. The minimum Gasteiger partial charge on any atom is -0.326 e. The zero-order valence-electron chi connectivity index (χ0n) is 8.27. The van der Waals surface area contributed by atoms with Crippen molar-refractivity contribution in [2.24, 2.45) is 0 Å². The van der Waals surface area contributed by atoms with Crippen LogP contribution in [-0.2, 0) is 0 Å². The Hall–Kier alpha value is -0.0400. The molecule has 0 spiro atoms. The minimum absolute atomic E-state index is 0.968. The lowest BCUT2D eigenvalue weighted by Gasteiger charge is -2.31. The molecule has 0 aromatic rings. The third-order valence-electron chi connectivity index (χ3n) is 3.15. The molecule has 1 aliphatic rings. The van der Waals surface area contributed by atoms with Gasteiger partial charge in [-0.2, -0.15) is 0 Å². The Balaban J connectivity index is 2.32. The van der Waals surface area contributed by atoms with E-state index in [0.717, 1.165) is 6.04 Å². The molecule has 0 bridgehead atoms. The molecular weight excluding hydrogens is 134 g/mol. The van der Waals surface area contributed by atoms with E-state index < -0.39 is 0 Å². The lowest BCUT2D eigenvalue weighted by atomic mass is 10.1. The zero-order chi connectivity index (χ0) is 8.32. The zero-order valence-corrected chi connectivity index (χ0v) is 8.27. The number of unbranched alkanes of at least 4 members (excludes halogenated alkanes) is 1. The van der Waals surface area contributed by atoms with Crippen molar-refractivity contribution in [2.45, 2.75) is 45.1 Å². The molecule has 0 aromatic carbocycles. The van der Waals surface area contributed by atoms with Gasteiger partial charge in [0.2, 0.25) is 0 Å². The first kappa shape index (κ1) is 9.05. The second-order valence-corrected chi connectivity index (χ2v) is 4.44. The van der Waals surface area contributed by atoms with Gasteiger partial charge in [-0.3, -0.25) is 0 Å². The number of nitrogens with zero attached hydrogens (tertiary/aromatic N) is 1. The van der Waals surface area contributed by atoms with Crippen LogP contribution in [0.2, 0.25) is 0 Å². The van der Waals surface area contributed by atoms with E-state index in [1.54, 1.807) is 0 Å². The van der Waals surface area contributed by atoms with Crippen LogP contribution in [0, 0.1) is 0 Å². The first-order chi connectivity index (χ1) is 5.17. The Kier molecular flexibility index (Phi) is 2.94. The molecule has 1 aliphatic heterocycles. The number of hydrogen-bond acceptors (Lipinski definition) is 0. The molecule has 1 nitrogen and oxygen atoms in total. The van der Waals surface area contributed by atoms with Crippen molar-refractivity contribution in [1.82, 2.24) is 0 Å². The van der Waals surface area contributed by atoms with Gasteiger partial charge in [0.1, 0.15) is 0 Å². The quantitative estimate of drug-likeness (QED) is 0.550. The Labute approximate surface area is 71.0 Å². The number of quaternary nitrogens is 1. The van der Waals surface area contributed by atoms with Crippen molar-refractivity contribution in [3.8, 4) is 0 Å². The molecule has 1 heteroatoms. The second-order valence-electron chi connectivity index (χ2n) is 4.44. The van der Waals surface area contributed by atoms with Crippen LogP contribution >= 0.6 is 0 Å². The Morgan fingerprint density at radius 1 is 1.36 bits per heavy atom. The average molecular weight is 156 g/mol. The SMILES string of the molecule is CCCCC1CCC[N+]1(C)C. The van der Waals surface area contributed by atoms with E-state index in [2.05, 4.69) is 21.0 Å². The van der Waals surface area contributed by atoms with Crippen LogP contribution in [0.15, 0.2) is 0 Å². The summed E-state index contributed by atoms with van der Waals surface area (Å²) in [5.74, 6) is 0. The largest absolute Gasteiger partial charge is 0.326 e. The van der Waals surface area contributed by atoms with E-state index in [4.69, 9.17) is 0 Å². The van der Waals surface area contributed by atoms with Gasteiger partial charge >= 0.3 is 0 Å². The van der Waals surface area contributed by atoms with E-state index >= 15 is 0 Å². The molecule has 1 fully saturated rings. The highest BCUT2D eigenvalue weighted by Crippen LogP contribution is 2.25. The number of rotatable bonds is 3. The van der Waals surface area contributed by atoms with E-state index in [1.165, 1.54) is 43.1 Å². The summed E-state index contributed by atoms with van der Waals surface area (Å²) >= 11 is 0. The average Bonchev–Trinajstić information content (AvgIpc) is 2.25. The van der Waals surface area contributed by atoms with Crippen LogP contribution in [-0.4, -0.2) is 31.2 Å². The van der Waals surface area contributed by atoms with E-state index in [-0.39, 0.29) is 0 Å². The molecule has 0 aliphatic carbocycles. The van der Waals surface area contributed by atoms with Crippen LogP contribution in [0.3, 0.4) is 0 Å². The van der Waals surface area contributed by atoms with Crippen LogP contribution in [0.25, 0.3) is 0 Å². The maximum atomic E-state index is 2.38. The van der Waals surface area contributed by atoms with Gasteiger partial charge in [-0.05, 0) is 12.8 Å². The monoisotopic (exact) mass is 156 g/mol. The van der Waals surface area contributed by atoms with Crippen molar-refractivity contribution >= 4 is 0 Å². The standard InChI is InChI=1S/C10H22N/c1-4-5-7-10-8-6-9-11(10,2)3/h10H,4-9H2,1-3H3/q+1. The van der Waals surface area contributed by atoms with Gasteiger partial charge in [0, 0.05) is 12.8 Å². The summed E-state index contributed by atoms with van der Waals surface area (Å²) in [5.41, 5.74) is 0. The van der Waals surface area contributed by atoms with Gasteiger partial charge in [-0.1, -0.05) is 13.3 Å². The molecule has 1 unspecified atom stereocenters. The summed E-state index contributed by atoms with van der Waals surface area (Å²) in [6.07, 6.45) is 7.14. The van der Waals surface area contributed by atoms with Crippen molar-refractivity contribution in [3.05, 3.63) is 0 Å². The summed E-state index contributed by atoms with van der Waals surface area (Å²) in [7, 11) is 4.76. The summed E-state index contributed by atoms with van der Waals surface area (Å²) < 4.78 is 1.28. The van der Waals surface area contributed by atoms with Gasteiger partial charge in [-0.15, -0.1) is 0 Å². The highest BCUT2D eigenvalue weighted by Gasteiger charge is 2.32. The topological polar surface area (TPSA) is 0 Å². The van der Waals surface area contributed by atoms with E-state index in [1.807, 2.05) is 0 Å². The van der Waals surface area contributed by atoms with Crippen molar-refractivity contribution in [1.29, 1.82) is 0 Å². The molecule has 0 saturated carbocycles. The molecule has 11 heavy (non-hydrogen) atoms. The number of hydrogen-bond donors (Lipinski definition) is 0. The molecule has 0 aromatic heterocycles. The fourth-order valence-corrected chi connectivity index (χ4v) is 2.20. The smallest absolute Gasteiger partial charge is 0.0888 e. The van der Waals surface area contributed by atoms with Gasteiger partial charge in [0.15, 0.2) is 0 Å². The Bertz CT molecular complexity index is 118. The molecule has 0 amide bonds. The molecular formula is C10H22N+. The van der Waals surface area contributed by atoms with Crippen molar-refractivity contribution in [3.63, 3.8) is 0 Å². The van der Waals surface area contributed by atoms with Crippen LogP contribution < -0.4 is 0 Å². The molecule has 1 atom stereocenters. The van der Waals surface area contributed by atoms with Crippen LogP contribution in [0.4, 0.5) is 0 Å². The predicted octanol–water partition coefficient (Wildman–Crippen LogP) is 2.42. The van der Waals surface area contributed by atoms with Crippen molar-refractivity contribution in [2.75, 3.05) is 20.6 Å². The predicted molar refractivity (Wildman–Crippen MR) is 49.5 cm³/mol. The minimum atomic E-state index is 0.968. The van der Waals surface area contributed by atoms with Gasteiger partial charge in [-0.25, -0.2) is 0 Å². The summed E-state index contributed by atoms with van der Waals surface area (Å²) in [4.78, 5) is 0. The second kappa shape index (κ2) is 3.57. The molecule has 0 N–H and O–H groups in total. The summed E-state index contributed by atoms with van der Waals surface area (Å²) in [6.45, 7) is 3.68. The lowest BCUT2D eigenvalue weighted by molar-refractivity contribution is -0.902. The number of likely N-dealkylation sites (tertiary alicyclic amines) is 1. The van der Waals surface area contributed by atoms with Crippen molar-refractivity contribution < 1.29 is 4.48 Å². The fraction of sp³-hybridized carbons (Fsp3) is 1.00. The fourth-order valence-electron chi connectivity index (χ4n) is 2.20. The molecule has 1 rings (SSSR count). The summed E-state index contributed by atoms with van der Waals surface area (Å²) in [6, 6.07) is 0.968. The van der Waals surface area contributed by atoms with Crippen LogP contribution in [0.1, 0.15) is 39.0 Å². The third-order valence-corrected chi connectivity index (χ3v) is 3.15. The molecule has 0 radical (unpaired) electrons. The molecule has 1 saturated heterocycles. The Morgan fingerprint density at radius 2 is 2.09 bits per heavy atom. The maximum absolute atomic E-state index is 2.38. The normalized spacial score (nSPS) is 29.2. The first-order valence-corrected chi connectivity index (χ1v) is 4.99. The first-order valence-electron chi connectivity index (χ1n) is 4.99. The van der Waals surface area contributed by atoms with E-state index in [0.29, 0.717) is 0 Å². The highest BCUT2D eigenvalue weighted by atomic mass is 15.3. The summed E-state index contributed by atoms with van der Waals surface area (Å²) in [5, 5.41) is 0. The van der Waals surface area contributed by atoms with Gasteiger partial charge < -0.3 is 4.48 Å². The molecule has 1 heterocycles. The van der Waals surface area contributed by atoms with E-state index in [9.17, 15) is 0 Å².